The number of piperidine rings is 1. The fourth-order valence-corrected chi connectivity index (χ4v) is 2.75. The molecule has 0 aromatic carbocycles. The van der Waals surface area contributed by atoms with Crippen LogP contribution in [0.2, 0.25) is 0 Å². The first kappa shape index (κ1) is 11.9. The van der Waals surface area contributed by atoms with Crippen LogP contribution in [0.15, 0.2) is 0 Å². The molecular formula is C13H23NO2. The van der Waals surface area contributed by atoms with Crippen molar-refractivity contribution in [1.82, 2.24) is 4.90 Å². The van der Waals surface area contributed by atoms with Gasteiger partial charge in [0.2, 0.25) is 5.91 Å². The lowest BCUT2D eigenvalue weighted by atomic mass is 9.86. The van der Waals surface area contributed by atoms with Gasteiger partial charge >= 0.3 is 0 Å². The maximum atomic E-state index is 12.2. The number of likely N-dealkylation sites (tertiary alicyclic amines) is 1. The topological polar surface area (TPSA) is 29.5 Å². The van der Waals surface area contributed by atoms with Gasteiger partial charge in [-0.05, 0) is 19.3 Å². The van der Waals surface area contributed by atoms with Gasteiger partial charge in [0.25, 0.3) is 0 Å². The summed E-state index contributed by atoms with van der Waals surface area (Å²) in [5, 5.41) is 0. The molecule has 92 valence electrons. The zero-order valence-electron chi connectivity index (χ0n) is 10.7. The predicted octanol–water partition coefficient (Wildman–Crippen LogP) is 2.06. The minimum Gasteiger partial charge on any atom is -0.378 e. The molecule has 0 saturated carbocycles. The van der Waals surface area contributed by atoms with Crippen LogP contribution in [0, 0.1) is 11.3 Å². The SMILES string of the molecule is CC(C)(C)C(=O)N1CCC2OCCCC2C1. The van der Waals surface area contributed by atoms with Crippen molar-refractivity contribution < 1.29 is 9.53 Å². The van der Waals surface area contributed by atoms with Crippen molar-refractivity contribution in [2.24, 2.45) is 11.3 Å². The maximum absolute atomic E-state index is 12.2. The molecule has 0 aromatic heterocycles. The van der Waals surface area contributed by atoms with Crippen LogP contribution in [-0.2, 0) is 9.53 Å². The molecule has 2 heterocycles. The summed E-state index contributed by atoms with van der Waals surface area (Å²) in [6.45, 7) is 8.68. The highest BCUT2D eigenvalue weighted by Crippen LogP contribution is 2.30. The molecule has 3 nitrogen and oxygen atoms in total. The van der Waals surface area contributed by atoms with Crippen molar-refractivity contribution >= 4 is 5.91 Å². The second-order valence-corrected chi connectivity index (χ2v) is 6.10. The molecule has 1 amide bonds. The Bertz CT molecular complexity index is 270. The molecule has 2 unspecified atom stereocenters. The van der Waals surface area contributed by atoms with Crippen LogP contribution in [0.1, 0.15) is 40.0 Å². The van der Waals surface area contributed by atoms with E-state index in [1.807, 2.05) is 25.7 Å². The Morgan fingerprint density at radius 1 is 1.31 bits per heavy atom. The molecular weight excluding hydrogens is 202 g/mol. The minimum atomic E-state index is -0.248. The van der Waals surface area contributed by atoms with E-state index >= 15 is 0 Å². The fraction of sp³-hybridized carbons (Fsp3) is 0.923. The lowest BCUT2D eigenvalue weighted by molar-refractivity contribution is -0.146. The van der Waals surface area contributed by atoms with Crippen LogP contribution in [0.5, 0.6) is 0 Å². The Kier molecular flexibility index (Phi) is 3.24. The van der Waals surface area contributed by atoms with Crippen molar-refractivity contribution in [3.05, 3.63) is 0 Å². The summed E-state index contributed by atoms with van der Waals surface area (Å²) in [6.07, 6.45) is 3.81. The van der Waals surface area contributed by atoms with Crippen LogP contribution in [-0.4, -0.2) is 36.6 Å². The third-order valence-corrected chi connectivity index (χ3v) is 3.64. The van der Waals surface area contributed by atoms with Gasteiger partial charge in [-0.2, -0.15) is 0 Å². The number of hydrogen-bond donors (Lipinski definition) is 0. The second kappa shape index (κ2) is 4.36. The van der Waals surface area contributed by atoms with Crippen LogP contribution in [0.3, 0.4) is 0 Å². The largest absolute Gasteiger partial charge is 0.378 e. The van der Waals surface area contributed by atoms with Gasteiger partial charge in [0.05, 0.1) is 6.10 Å². The average Bonchev–Trinajstić information content (AvgIpc) is 2.26. The molecule has 2 saturated heterocycles. The third kappa shape index (κ3) is 2.40. The summed E-state index contributed by atoms with van der Waals surface area (Å²) in [5.41, 5.74) is -0.248. The molecule has 0 aliphatic carbocycles. The molecule has 2 atom stereocenters. The van der Waals surface area contributed by atoms with E-state index in [0.717, 1.165) is 32.5 Å². The Labute approximate surface area is 98.1 Å². The van der Waals surface area contributed by atoms with Gasteiger partial charge in [0.1, 0.15) is 0 Å². The van der Waals surface area contributed by atoms with E-state index in [4.69, 9.17) is 4.74 Å². The summed E-state index contributed by atoms with van der Waals surface area (Å²) >= 11 is 0. The normalized spacial score (nSPS) is 31.1. The lowest BCUT2D eigenvalue weighted by Gasteiger charge is -2.42. The van der Waals surface area contributed by atoms with Crippen molar-refractivity contribution in [2.75, 3.05) is 19.7 Å². The number of carbonyl (C=O) groups is 1. The highest BCUT2D eigenvalue weighted by atomic mass is 16.5. The molecule has 3 heteroatoms. The number of carbonyl (C=O) groups excluding carboxylic acids is 1. The van der Waals surface area contributed by atoms with Crippen LogP contribution < -0.4 is 0 Å². The predicted molar refractivity (Wildman–Crippen MR) is 63.1 cm³/mol. The van der Waals surface area contributed by atoms with E-state index in [1.54, 1.807) is 0 Å². The Morgan fingerprint density at radius 3 is 2.75 bits per heavy atom. The van der Waals surface area contributed by atoms with Crippen LogP contribution >= 0.6 is 0 Å². The number of rotatable bonds is 0. The van der Waals surface area contributed by atoms with Crippen LogP contribution in [0.25, 0.3) is 0 Å². The van der Waals surface area contributed by atoms with E-state index in [9.17, 15) is 4.79 Å². The standard InChI is InChI=1S/C13H23NO2/c1-13(2,3)12(15)14-7-6-11-10(9-14)5-4-8-16-11/h10-11H,4-9H2,1-3H3. The minimum absolute atomic E-state index is 0.248. The summed E-state index contributed by atoms with van der Waals surface area (Å²) in [6, 6.07) is 0. The first-order valence-corrected chi connectivity index (χ1v) is 6.39. The molecule has 2 rings (SSSR count). The molecule has 0 spiro atoms. The van der Waals surface area contributed by atoms with Gasteiger partial charge in [-0.3, -0.25) is 4.79 Å². The second-order valence-electron chi connectivity index (χ2n) is 6.10. The first-order valence-electron chi connectivity index (χ1n) is 6.39. The monoisotopic (exact) mass is 225 g/mol. The number of amides is 1. The summed E-state index contributed by atoms with van der Waals surface area (Å²) in [4.78, 5) is 14.2. The van der Waals surface area contributed by atoms with Crippen molar-refractivity contribution in [3.63, 3.8) is 0 Å². The van der Waals surface area contributed by atoms with E-state index in [-0.39, 0.29) is 11.3 Å². The van der Waals surface area contributed by atoms with Gasteiger partial charge in [0.15, 0.2) is 0 Å². The summed E-state index contributed by atoms with van der Waals surface area (Å²) < 4.78 is 5.76. The van der Waals surface area contributed by atoms with Crippen molar-refractivity contribution in [3.8, 4) is 0 Å². The number of fused-ring (bicyclic) bond motifs is 1. The van der Waals surface area contributed by atoms with E-state index in [0.29, 0.717) is 12.0 Å². The molecule has 16 heavy (non-hydrogen) atoms. The van der Waals surface area contributed by atoms with Gasteiger partial charge in [-0.25, -0.2) is 0 Å². The highest BCUT2D eigenvalue weighted by molar-refractivity contribution is 5.81. The molecule has 0 radical (unpaired) electrons. The van der Waals surface area contributed by atoms with Gasteiger partial charge in [-0.1, -0.05) is 20.8 Å². The molecule has 2 aliphatic rings. The zero-order chi connectivity index (χ0) is 11.8. The third-order valence-electron chi connectivity index (χ3n) is 3.64. The Hall–Kier alpha value is -0.570. The van der Waals surface area contributed by atoms with Crippen molar-refractivity contribution in [2.45, 2.75) is 46.1 Å². The van der Waals surface area contributed by atoms with Crippen LogP contribution in [0.4, 0.5) is 0 Å². The van der Waals surface area contributed by atoms with E-state index in [2.05, 4.69) is 0 Å². The Morgan fingerprint density at radius 2 is 2.06 bits per heavy atom. The molecule has 0 bridgehead atoms. The fourth-order valence-electron chi connectivity index (χ4n) is 2.75. The first-order chi connectivity index (χ1) is 7.48. The smallest absolute Gasteiger partial charge is 0.227 e. The van der Waals surface area contributed by atoms with Gasteiger partial charge in [-0.15, -0.1) is 0 Å². The molecule has 0 N–H and O–H groups in total. The maximum Gasteiger partial charge on any atom is 0.227 e. The molecule has 2 fully saturated rings. The number of ether oxygens (including phenoxy) is 1. The summed E-state index contributed by atoms with van der Waals surface area (Å²) in [5.74, 6) is 0.866. The molecule has 0 aromatic rings. The van der Waals surface area contributed by atoms with Gasteiger partial charge < -0.3 is 9.64 Å². The quantitative estimate of drug-likeness (QED) is 0.631. The molecule has 2 aliphatic heterocycles. The Balaban J connectivity index is 1.97. The summed E-state index contributed by atoms with van der Waals surface area (Å²) in [7, 11) is 0. The number of nitrogens with zero attached hydrogens (tertiary/aromatic N) is 1. The van der Waals surface area contributed by atoms with E-state index in [1.165, 1.54) is 6.42 Å². The number of hydrogen-bond acceptors (Lipinski definition) is 2. The van der Waals surface area contributed by atoms with Gasteiger partial charge in [0, 0.05) is 31.0 Å². The average molecular weight is 225 g/mol. The van der Waals surface area contributed by atoms with Crippen molar-refractivity contribution in [1.29, 1.82) is 0 Å². The highest BCUT2D eigenvalue weighted by Gasteiger charge is 2.36. The lowest BCUT2D eigenvalue weighted by Crippen LogP contribution is -2.51. The van der Waals surface area contributed by atoms with E-state index < -0.39 is 0 Å². The zero-order valence-corrected chi connectivity index (χ0v) is 10.7.